The molecule has 1 unspecified atom stereocenters. The van der Waals surface area contributed by atoms with Gasteiger partial charge in [-0.15, -0.1) is 10.2 Å². The summed E-state index contributed by atoms with van der Waals surface area (Å²) in [5, 5.41) is 11.9. The Hall–Kier alpha value is -3.51. The second-order valence-electron chi connectivity index (χ2n) is 9.59. The number of para-hydroxylation sites is 1. The molecule has 2 heterocycles. The van der Waals surface area contributed by atoms with Gasteiger partial charge in [0.1, 0.15) is 0 Å². The van der Waals surface area contributed by atoms with Gasteiger partial charge in [0.15, 0.2) is 11.0 Å². The number of nitrogens with one attached hydrogen (secondary N) is 1. The minimum absolute atomic E-state index is 0.159. The van der Waals surface area contributed by atoms with Gasteiger partial charge in [-0.3, -0.25) is 9.36 Å². The smallest absolute Gasteiger partial charge is 0.243 e. The molecule has 0 bridgehead atoms. The molecule has 40 heavy (non-hydrogen) atoms. The van der Waals surface area contributed by atoms with Crippen LogP contribution in [0, 0.1) is 13.8 Å². The third kappa shape index (κ3) is 5.97. The Morgan fingerprint density at radius 3 is 2.38 bits per heavy atom. The van der Waals surface area contributed by atoms with Crippen molar-refractivity contribution in [3.63, 3.8) is 0 Å². The molecule has 0 saturated carbocycles. The number of anilines is 1. The maximum absolute atomic E-state index is 13.4. The molecule has 9 nitrogen and oxygen atoms in total. The van der Waals surface area contributed by atoms with Crippen molar-refractivity contribution < 1.29 is 17.9 Å². The van der Waals surface area contributed by atoms with Crippen LogP contribution in [0.25, 0.3) is 17.1 Å². The molecule has 3 aromatic carbocycles. The molecule has 5 rings (SSSR count). The van der Waals surface area contributed by atoms with Gasteiger partial charge < -0.3 is 10.1 Å². The topological polar surface area (TPSA) is 106 Å². The van der Waals surface area contributed by atoms with Gasteiger partial charge in [-0.25, -0.2) is 8.42 Å². The lowest BCUT2D eigenvalue weighted by Crippen LogP contribution is -2.40. The summed E-state index contributed by atoms with van der Waals surface area (Å²) in [7, 11) is -3.70. The van der Waals surface area contributed by atoms with E-state index in [0.29, 0.717) is 42.8 Å². The minimum atomic E-state index is -3.70. The Labute approximate surface area is 238 Å². The second kappa shape index (κ2) is 11.9. The van der Waals surface area contributed by atoms with Crippen molar-refractivity contribution in [3.8, 4) is 17.1 Å². The number of sulfonamides is 1. The number of benzene rings is 3. The standard InChI is InChI=1S/C29H31N5O4S2/c1-20-9-12-23(13-10-20)30-28(35)22(3)39-29-32-31-27(34(29)24-7-5-4-6-8-24)26-19-25(14-11-21(26)2)40(36,37)33-15-17-38-18-16-33/h4-14,19,22H,15-18H2,1-3H3,(H,30,35). The second-order valence-corrected chi connectivity index (χ2v) is 12.8. The van der Waals surface area contributed by atoms with Crippen LogP contribution >= 0.6 is 11.8 Å². The maximum Gasteiger partial charge on any atom is 0.243 e. The van der Waals surface area contributed by atoms with Crippen molar-refractivity contribution in [1.29, 1.82) is 0 Å². The summed E-state index contributed by atoms with van der Waals surface area (Å²) in [5.74, 6) is 0.337. The third-order valence-corrected chi connectivity index (χ3v) is 9.61. The summed E-state index contributed by atoms with van der Waals surface area (Å²) in [6.07, 6.45) is 0. The summed E-state index contributed by atoms with van der Waals surface area (Å²) < 4.78 is 35.5. The van der Waals surface area contributed by atoms with Gasteiger partial charge in [-0.2, -0.15) is 4.31 Å². The van der Waals surface area contributed by atoms with Crippen LogP contribution in [0.2, 0.25) is 0 Å². The molecule has 11 heteroatoms. The monoisotopic (exact) mass is 577 g/mol. The highest BCUT2D eigenvalue weighted by atomic mass is 32.2. The van der Waals surface area contributed by atoms with Gasteiger partial charge >= 0.3 is 0 Å². The van der Waals surface area contributed by atoms with Crippen molar-refractivity contribution in [3.05, 3.63) is 83.9 Å². The zero-order valence-electron chi connectivity index (χ0n) is 22.6. The van der Waals surface area contributed by atoms with Gasteiger partial charge in [0.05, 0.1) is 23.4 Å². The molecule has 0 spiro atoms. The number of carbonyl (C=O) groups excluding carboxylic acids is 1. The van der Waals surface area contributed by atoms with Crippen LogP contribution in [0.4, 0.5) is 5.69 Å². The molecule has 1 atom stereocenters. The molecule has 0 radical (unpaired) electrons. The highest BCUT2D eigenvalue weighted by Gasteiger charge is 2.28. The lowest BCUT2D eigenvalue weighted by Gasteiger charge is -2.26. The van der Waals surface area contributed by atoms with Crippen LogP contribution < -0.4 is 5.32 Å². The summed E-state index contributed by atoms with van der Waals surface area (Å²) in [6.45, 7) is 7.10. The summed E-state index contributed by atoms with van der Waals surface area (Å²) in [6, 6.07) is 22.3. The number of hydrogen-bond acceptors (Lipinski definition) is 7. The molecule has 1 saturated heterocycles. The van der Waals surface area contributed by atoms with E-state index in [1.807, 2.05) is 79.9 Å². The summed E-state index contributed by atoms with van der Waals surface area (Å²) in [4.78, 5) is 13.2. The van der Waals surface area contributed by atoms with E-state index in [2.05, 4.69) is 15.5 Å². The van der Waals surface area contributed by atoms with Crippen LogP contribution in [-0.2, 0) is 19.6 Å². The fourth-order valence-electron chi connectivity index (χ4n) is 4.36. The van der Waals surface area contributed by atoms with Crippen molar-refractivity contribution in [2.24, 2.45) is 0 Å². The van der Waals surface area contributed by atoms with E-state index >= 15 is 0 Å². The number of ether oxygens (including phenoxy) is 1. The van der Waals surface area contributed by atoms with Gasteiger partial charge in [-0.1, -0.05) is 53.7 Å². The highest BCUT2D eigenvalue weighted by molar-refractivity contribution is 8.00. The van der Waals surface area contributed by atoms with E-state index in [1.54, 1.807) is 18.2 Å². The average molecular weight is 578 g/mol. The number of morpholine rings is 1. The quantitative estimate of drug-likeness (QED) is 0.303. The number of thioether (sulfide) groups is 1. The first kappa shape index (κ1) is 28.0. The van der Waals surface area contributed by atoms with Crippen LogP contribution in [0.5, 0.6) is 0 Å². The number of aromatic nitrogens is 3. The zero-order chi connectivity index (χ0) is 28.3. The normalized spacial score (nSPS) is 15.1. The number of amides is 1. The first-order valence-corrected chi connectivity index (χ1v) is 15.3. The maximum atomic E-state index is 13.4. The Balaban J connectivity index is 1.50. The van der Waals surface area contributed by atoms with Crippen LogP contribution in [0.3, 0.4) is 0 Å². The molecular formula is C29H31N5O4S2. The van der Waals surface area contributed by atoms with E-state index in [-0.39, 0.29) is 10.8 Å². The fraction of sp³-hybridized carbons (Fsp3) is 0.276. The SMILES string of the molecule is Cc1ccc(NC(=O)C(C)Sc2nnc(-c3cc(S(=O)(=O)N4CCOCC4)ccc3C)n2-c2ccccc2)cc1. The van der Waals surface area contributed by atoms with E-state index in [9.17, 15) is 13.2 Å². The fourth-order valence-corrected chi connectivity index (χ4v) is 6.66. The number of aryl methyl sites for hydroxylation is 2. The van der Waals surface area contributed by atoms with Crippen LogP contribution in [-0.4, -0.2) is 64.9 Å². The first-order chi connectivity index (χ1) is 19.2. The predicted molar refractivity (Wildman–Crippen MR) is 156 cm³/mol. The Morgan fingerprint density at radius 2 is 1.68 bits per heavy atom. The van der Waals surface area contributed by atoms with E-state index in [4.69, 9.17) is 4.74 Å². The van der Waals surface area contributed by atoms with Crippen molar-refractivity contribution >= 4 is 33.4 Å². The zero-order valence-corrected chi connectivity index (χ0v) is 24.2. The lowest BCUT2D eigenvalue weighted by molar-refractivity contribution is -0.115. The highest BCUT2D eigenvalue weighted by Crippen LogP contribution is 2.33. The van der Waals surface area contributed by atoms with Crippen molar-refractivity contribution in [2.45, 2.75) is 36.1 Å². The molecular weight excluding hydrogens is 546 g/mol. The van der Waals surface area contributed by atoms with Crippen LogP contribution in [0.15, 0.2) is 82.8 Å². The van der Waals surface area contributed by atoms with E-state index in [1.165, 1.54) is 16.1 Å². The summed E-state index contributed by atoms with van der Waals surface area (Å²) >= 11 is 1.29. The van der Waals surface area contributed by atoms with Crippen LogP contribution in [0.1, 0.15) is 18.1 Å². The van der Waals surface area contributed by atoms with Gasteiger partial charge in [0.2, 0.25) is 15.9 Å². The molecule has 1 aliphatic rings. The van der Waals surface area contributed by atoms with Gasteiger partial charge in [-0.05, 0) is 62.7 Å². The number of carbonyl (C=O) groups is 1. The van der Waals surface area contributed by atoms with Crippen molar-refractivity contribution in [1.82, 2.24) is 19.1 Å². The minimum Gasteiger partial charge on any atom is -0.379 e. The van der Waals surface area contributed by atoms with E-state index < -0.39 is 15.3 Å². The number of rotatable bonds is 8. The number of hydrogen-bond donors (Lipinski definition) is 1. The molecule has 0 aliphatic carbocycles. The average Bonchev–Trinajstić information content (AvgIpc) is 3.38. The van der Waals surface area contributed by atoms with E-state index in [0.717, 1.165) is 22.5 Å². The van der Waals surface area contributed by atoms with Gasteiger partial charge in [0.25, 0.3) is 0 Å². The molecule has 1 amide bonds. The van der Waals surface area contributed by atoms with Crippen molar-refractivity contribution in [2.75, 3.05) is 31.6 Å². The molecule has 208 valence electrons. The lowest BCUT2D eigenvalue weighted by atomic mass is 10.1. The first-order valence-electron chi connectivity index (χ1n) is 13.0. The molecule has 1 fully saturated rings. The largest absolute Gasteiger partial charge is 0.379 e. The molecule has 1 aromatic heterocycles. The molecule has 4 aromatic rings. The van der Waals surface area contributed by atoms with Gasteiger partial charge in [0, 0.05) is 30.0 Å². The predicted octanol–water partition coefficient (Wildman–Crippen LogP) is 4.69. The number of nitrogens with zero attached hydrogens (tertiary/aromatic N) is 4. The molecule has 1 N–H and O–H groups in total. The molecule has 1 aliphatic heterocycles. The Morgan fingerprint density at radius 1 is 0.975 bits per heavy atom. The summed E-state index contributed by atoms with van der Waals surface area (Å²) in [5.41, 5.74) is 4.14. The Bertz CT molecular complexity index is 1600. The third-order valence-electron chi connectivity index (χ3n) is 6.68. The Kier molecular flexibility index (Phi) is 8.36.